The first-order valence-electron chi connectivity index (χ1n) is 11.9. The molecule has 0 spiro atoms. The summed E-state index contributed by atoms with van der Waals surface area (Å²) in [5, 5.41) is 0.553. The summed E-state index contributed by atoms with van der Waals surface area (Å²) >= 11 is 3.45. The molecule has 0 saturated heterocycles. The Kier molecular flexibility index (Phi) is 7.51. The first-order chi connectivity index (χ1) is 16.8. The first kappa shape index (κ1) is 24.9. The van der Waals surface area contributed by atoms with Gasteiger partial charge in [-0.05, 0) is 74.7 Å². The van der Waals surface area contributed by atoms with E-state index in [1.165, 1.54) is 0 Å². The number of rotatable bonds is 7. The Bertz CT molecular complexity index is 1390. The average molecular weight is 532 g/mol. The summed E-state index contributed by atoms with van der Waals surface area (Å²) in [5.74, 6) is 0.890. The molecule has 1 amide bonds. The lowest BCUT2D eigenvalue weighted by Crippen LogP contribution is -2.38. The molecular weight excluding hydrogens is 502 g/mol. The molecule has 0 aliphatic heterocycles. The summed E-state index contributed by atoms with van der Waals surface area (Å²) in [6.45, 7) is 8.81. The summed E-state index contributed by atoms with van der Waals surface area (Å²) in [5.41, 5.74) is 2.94. The largest absolute Gasteiger partial charge is 0.329 e. The molecule has 35 heavy (non-hydrogen) atoms. The van der Waals surface area contributed by atoms with Gasteiger partial charge < -0.3 is 4.90 Å². The highest BCUT2D eigenvalue weighted by molar-refractivity contribution is 9.10. The number of carbonyl (C=O) groups is 1. The van der Waals surface area contributed by atoms with Gasteiger partial charge in [0, 0.05) is 16.6 Å². The Balaban J connectivity index is 1.88. The van der Waals surface area contributed by atoms with Gasteiger partial charge in [-0.1, -0.05) is 59.6 Å². The smallest absolute Gasteiger partial charge is 0.266 e. The van der Waals surface area contributed by atoms with Crippen LogP contribution in [-0.2, 0) is 0 Å². The van der Waals surface area contributed by atoms with Crippen molar-refractivity contribution in [3.63, 3.8) is 0 Å². The fourth-order valence-corrected chi connectivity index (χ4v) is 4.40. The summed E-state index contributed by atoms with van der Waals surface area (Å²) in [6, 6.07) is 22.1. The SMILES string of the molecule is Cc1ccc(-n2c(C(C)N(CCC(C)C)C(=O)c3ccc(Br)cc3)nc3ccccc3c2=O)cc1. The lowest BCUT2D eigenvalue weighted by molar-refractivity contribution is 0.0671. The van der Waals surface area contributed by atoms with Gasteiger partial charge in [0.15, 0.2) is 0 Å². The number of fused-ring (bicyclic) bond motifs is 1. The predicted molar refractivity (Wildman–Crippen MR) is 145 cm³/mol. The van der Waals surface area contributed by atoms with Gasteiger partial charge in [-0.25, -0.2) is 4.98 Å². The topological polar surface area (TPSA) is 55.2 Å². The van der Waals surface area contributed by atoms with Crippen LogP contribution >= 0.6 is 15.9 Å². The van der Waals surface area contributed by atoms with Crippen LogP contribution < -0.4 is 5.56 Å². The van der Waals surface area contributed by atoms with Gasteiger partial charge in [-0.3, -0.25) is 14.2 Å². The number of aryl methyl sites for hydroxylation is 1. The highest BCUT2D eigenvalue weighted by Crippen LogP contribution is 2.26. The molecule has 0 N–H and O–H groups in total. The summed E-state index contributed by atoms with van der Waals surface area (Å²) < 4.78 is 2.57. The Morgan fingerprint density at radius 3 is 2.29 bits per heavy atom. The number of halogens is 1. The number of hydrogen-bond donors (Lipinski definition) is 0. The van der Waals surface area contributed by atoms with E-state index in [4.69, 9.17) is 4.98 Å². The van der Waals surface area contributed by atoms with E-state index in [9.17, 15) is 9.59 Å². The molecule has 0 aliphatic rings. The van der Waals surface area contributed by atoms with E-state index >= 15 is 0 Å². The molecule has 0 saturated carbocycles. The van der Waals surface area contributed by atoms with Gasteiger partial charge in [-0.2, -0.15) is 0 Å². The van der Waals surface area contributed by atoms with Crippen LogP contribution in [0.4, 0.5) is 0 Å². The van der Waals surface area contributed by atoms with E-state index in [2.05, 4.69) is 29.8 Å². The summed E-state index contributed by atoms with van der Waals surface area (Å²) in [6.07, 6.45) is 0.842. The third-order valence-corrected chi connectivity index (χ3v) is 6.76. The number of benzene rings is 3. The van der Waals surface area contributed by atoms with Crippen LogP contribution in [0.1, 0.15) is 55.0 Å². The molecule has 180 valence electrons. The average Bonchev–Trinajstić information content (AvgIpc) is 2.85. The van der Waals surface area contributed by atoms with Crippen LogP contribution in [0.15, 0.2) is 82.1 Å². The number of aromatic nitrogens is 2. The normalized spacial score (nSPS) is 12.2. The van der Waals surface area contributed by atoms with Crippen molar-refractivity contribution in [3.05, 3.63) is 105 Å². The van der Waals surface area contributed by atoms with Crippen molar-refractivity contribution >= 4 is 32.7 Å². The van der Waals surface area contributed by atoms with E-state index in [1.54, 1.807) is 10.6 Å². The molecule has 0 radical (unpaired) electrons. The number of para-hydroxylation sites is 1. The highest BCUT2D eigenvalue weighted by Gasteiger charge is 2.27. The minimum atomic E-state index is -0.427. The number of carbonyl (C=O) groups excluding carboxylic acids is 1. The van der Waals surface area contributed by atoms with Gasteiger partial charge in [0.1, 0.15) is 5.82 Å². The number of hydrogen-bond acceptors (Lipinski definition) is 3. The molecule has 4 aromatic rings. The van der Waals surface area contributed by atoms with Gasteiger partial charge in [0.2, 0.25) is 0 Å². The molecule has 0 bridgehead atoms. The fraction of sp³-hybridized carbons (Fsp3) is 0.276. The maximum absolute atomic E-state index is 13.7. The van der Waals surface area contributed by atoms with Crippen LogP contribution in [0.3, 0.4) is 0 Å². The maximum Gasteiger partial charge on any atom is 0.266 e. The molecule has 4 rings (SSSR count). The second-order valence-corrected chi connectivity index (χ2v) is 10.2. The molecule has 1 aromatic heterocycles. The van der Waals surface area contributed by atoms with Crippen molar-refractivity contribution in [1.29, 1.82) is 0 Å². The summed E-state index contributed by atoms with van der Waals surface area (Å²) in [4.78, 5) is 34.2. The molecule has 1 atom stereocenters. The van der Waals surface area contributed by atoms with Crippen molar-refractivity contribution in [3.8, 4) is 5.69 Å². The monoisotopic (exact) mass is 531 g/mol. The molecule has 1 heterocycles. The van der Waals surface area contributed by atoms with E-state index in [-0.39, 0.29) is 11.5 Å². The lowest BCUT2D eigenvalue weighted by atomic mass is 10.1. The Morgan fingerprint density at radius 2 is 1.63 bits per heavy atom. The van der Waals surface area contributed by atoms with Crippen molar-refractivity contribution in [1.82, 2.24) is 14.5 Å². The third kappa shape index (κ3) is 5.38. The molecule has 0 aliphatic carbocycles. The van der Waals surface area contributed by atoms with Crippen molar-refractivity contribution < 1.29 is 4.79 Å². The zero-order valence-corrected chi connectivity index (χ0v) is 22.1. The second kappa shape index (κ2) is 10.6. The molecule has 0 fully saturated rings. The molecule has 5 nitrogen and oxygen atoms in total. The summed E-state index contributed by atoms with van der Waals surface area (Å²) in [7, 11) is 0. The lowest BCUT2D eigenvalue weighted by Gasteiger charge is -2.31. The van der Waals surface area contributed by atoms with Crippen LogP contribution in [0.25, 0.3) is 16.6 Å². The van der Waals surface area contributed by atoms with Crippen molar-refractivity contribution in [2.45, 2.75) is 40.2 Å². The van der Waals surface area contributed by atoms with Crippen LogP contribution in [0.5, 0.6) is 0 Å². The van der Waals surface area contributed by atoms with Gasteiger partial charge in [0.05, 0.1) is 22.6 Å². The minimum absolute atomic E-state index is 0.0801. The zero-order valence-electron chi connectivity index (χ0n) is 20.5. The van der Waals surface area contributed by atoms with E-state index in [0.29, 0.717) is 34.8 Å². The number of amides is 1. The van der Waals surface area contributed by atoms with Crippen LogP contribution in [0.2, 0.25) is 0 Å². The predicted octanol–water partition coefficient (Wildman–Crippen LogP) is 6.71. The van der Waals surface area contributed by atoms with E-state index in [1.807, 2.05) is 85.5 Å². The van der Waals surface area contributed by atoms with Gasteiger partial charge in [0.25, 0.3) is 11.5 Å². The zero-order chi connectivity index (χ0) is 25.1. The first-order valence-corrected chi connectivity index (χ1v) is 12.7. The van der Waals surface area contributed by atoms with Crippen molar-refractivity contribution in [2.75, 3.05) is 6.54 Å². The van der Waals surface area contributed by atoms with Gasteiger partial charge >= 0.3 is 0 Å². The van der Waals surface area contributed by atoms with E-state index in [0.717, 1.165) is 22.1 Å². The maximum atomic E-state index is 13.7. The van der Waals surface area contributed by atoms with Crippen LogP contribution in [0, 0.1) is 12.8 Å². The quantitative estimate of drug-likeness (QED) is 0.266. The second-order valence-electron chi connectivity index (χ2n) is 9.33. The highest BCUT2D eigenvalue weighted by atomic mass is 79.9. The van der Waals surface area contributed by atoms with E-state index < -0.39 is 6.04 Å². The molecule has 1 unspecified atom stereocenters. The molecular formula is C29H30BrN3O2. The third-order valence-electron chi connectivity index (χ3n) is 6.23. The van der Waals surface area contributed by atoms with Crippen molar-refractivity contribution in [2.24, 2.45) is 5.92 Å². The molecule has 3 aromatic carbocycles. The Hall–Kier alpha value is -3.25. The van der Waals surface area contributed by atoms with Crippen LogP contribution in [-0.4, -0.2) is 26.9 Å². The fourth-order valence-electron chi connectivity index (χ4n) is 4.14. The Labute approximate surface area is 214 Å². The minimum Gasteiger partial charge on any atom is -0.329 e. The Morgan fingerprint density at radius 1 is 0.971 bits per heavy atom. The van der Waals surface area contributed by atoms with Gasteiger partial charge in [-0.15, -0.1) is 0 Å². The number of nitrogens with zero attached hydrogens (tertiary/aromatic N) is 3. The molecule has 6 heteroatoms. The standard InChI is InChI=1S/C29H30BrN3O2/c1-19(2)17-18-32(28(34)22-11-13-23(30)14-12-22)21(4)27-31-26-8-6-5-7-25(26)29(35)33(27)24-15-9-20(3)10-16-24/h5-16,19,21H,17-18H2,1-4H3.